The molecule has 0 radical (unpaired) electrons. The molecular formula is C36H50O12. The van der Waals surface area contributed by atoms with Crippen molar-refractivity contribution in [2.24, 2.45) is 34.0 Å². The van der Waals surface area contributed by atoms with Gasteiger partial charge in [-0.2, -0.15) is 0 Å². The lowest BCUT2D eigenvalue weighted by Crippen LogP contribution is -2.76. The Labute approximate surface area is 280 Å². The summed E-state index contributed by atoms with van der Waals surface area (Å²) in [5, 5.41) is 41.9. The molecule has 2 saturated carbocycles. The predicted molar refractivity (Wildman–Crippen MR) is 166 cm³/mol. The fourth-order valence-corrected chi connectivity index (χ4v) is 11.5. The van der Waals surface area contributed by atoms with E-state index in [1.165, 1.54) is 6.26 Å². The molecule has 6 aliphatic rings. The maximum Gasteiger partial charge on any atom is 0.339 e. The smallest absolute Gasteiger partial charge is 0.339 e. The van der Waals surface area contributed by atoms with Gasteiger partial charge in [0.15, 0.2) is 11.9 Å². The summed E-state index contributed by atoms with van der Waals surface area (Å²) in [6, 6.07) is 1.77. The Morgan fingerprint density at radius 3 is 2.48 bits per heavy atom. The zero-order chi connectivity index (χ0) is 34.4. The van der Waals surface area contributed by atoms with E-state index in [4.69, 9.17) is 28.5 Å². The molecule has 7 rings (SSSR count). The Hall–Kier alpha value is -2.35. The number of carbonyl (C=O) groups excluding carboxylic acids is 3. The zero-order valence-corrected chi connectivity index (χ0v) is 28.3. The molecular weight excluding hydrogens is 624 g/mol. The minimum Gasteiger partial charge on any atom is -0.469 e. The minimum atomic E-state index is -1.47. The molecule has 6 fully saturated rings. The molecule has 5 heterocycles. The van der Waals surface area contributed by atoms with Gasteiger partial charge in [-0.3, -0.25) is 9.59 Å². The molecule has 266 valence electrons. The number of aliphatic hydroxyl groups excluding tert-OH is 4. The Morgan fingerprint density at radius 1 is 1.00 bits per heavy atom. The highest BCUT2D eigenvalue weighted by molar-refractivity contribution is 5.92. The van der Waals surface area contributed by atoms with E-state index in [2.05, 4.69) is 0 Å². The van der Waals surface area contributed by atoms with Crippen LogP contribution >= 0.6 is 0 Å². The first-order valence-electron chi connectivity index (χ1n) is 17.6. The standard InChI is InChI=1S/C36H50O12/c1-32(2)27-26(41)28(42)34(4)23(35(27)18-45-25(40)16-24(35)47-32)10-12-33(3)29(46-31(43)30-36(33,34)48-30)20-11-14-44-22(20)15-19(21(39)17-38)9-7-5-6-8-13-37/h11,14,19,21,23-24,27-30,37-39,42H,5-10,12-13,15-18H2,1-4H3. The van der Waals surface area contributed by atoms with E-state index in [0.717, 1.165) is 19.3 Å². The van der Waals surface area contributed by atoms with Gasteiger partial charge >= 0.3 is 11.9 Å². The fourth-order valence-electron chi connectivity index (χ4n) is 11.5. The molecule has 12 heteroatoms. The number of ketones is 1. The van der Waals surface area contributed by atoms with Gasteiger partial charge < -0.3 is 43.8 Å². The molecule has 4 aliphatic heterocycles. The van der Waals surface area contributed by atoms with Crippen molar-refractivity contribution in [1.82, 2.24) is 0 Å². The van der Waals surface area contributed by atoms with Crippen LogP contribution in [0.15, 0.2) is 16.7 Å². The third-order valence-corrected chi connectivity index (χ3v) is 13.6. The number of carbonyl (C=O) groups is 3. The number of ether oxygens (including phenoxy) is 4. The van der Waals surface area contributed by atoms with Crippen molar-refractivity contribution in [1.29, 1.82) is 0 Å². The summed E-state index contributed by atoms with van der Waals surface area (Å²) >= 11 is 0. The predicted octanol–water partition coefficient (Wildman–Crippen LogP) is 2.56. The van der Waals surface area contributed by atoms with Gasteiger partial charge in [0.2, 0.25) is 0 Å². The Kier molecular flexibility index (Phi) is 8.24. The van der Waals surface area contributed by atoms with Crippen LogP contribution in [0.1, 0.15) is 96.5 Å². The number of unbranched alkanes of at least 4 members (excludes halogenated alkanes) is 3. The number of hydrogen-bond acceptors (Lipinski definition) is 12. The summed E-state index contributed by atoms with van der Waals surface area (Å²) in [5.74, 6) is -2.20. The number of rotatable bonds is 11. The Morgan fingerprint density at radius 2 is 1.75 bits per heavy atom. The molecule has 0 aromatic carbocycles. The van der Waals surface area contributed by atoms with E-state index in [1.54, 1.807) is 6.07 Å². The van der Waals surface area contributed by atoms with Crippen LogP contribution in [0.5, 0.6) is 0 Å². The second-order valence-electron chi connectivity index (χ2n) is 16.2. The topological polar surface area (TPSA) is 185 Å². The second kappa shape index (κ2) is 11.6. The SMILES string of the molecule is CC1(C)OC2CC(=O)OCC23C1C(=O)C(O)C1(C)C3CCC2(C)C(c3ccoc3CC(CCCCCCO)C(O)CO)OC(=O)C3OC321. The quantitative estimate of drug-likeness (QED) is 0.153. The Bertz CT molecular complexity index is 1450. The maximum atomic E-state index is 14.4. The zero-order valence-electron chi connectivity index (χ0n) is 28.3. The number of fused-ring (bicyclic) bond motifs is 1. The van der Waals surface area contributed by atoms with Gasteiger partial charge in [0.1, 0.15) is 30.2 Å². The molecule has 4 N–H and O–H groups in total. The molecule has 48 heavy (non-hydrogen) atoms. The van der Waals surface area contributed by atoms with E-state index >= 15 is 0 Å². The van der Waals surface area contributed by atoms with Gasteiger partial charge in [0, 0.05) is 34.8 Å². The van der Waals surface area contributed by atoms with Crippen molar-refractivity contribution in [3.05, 3.63) is 23.7 Å². The summed E-state index contributed by atoms with van der Waals surface area (Å²) in [5.41, 5.74) is -4.58. The van der Waals surface area contributed by atoms with Crippen LogP contribution in [-0.4, -0.2) is 93.6 Å². The van der Waals surface area contributed by atoms with Crippen molar-refractivity contribution in [3.8, 4) is 0 Å². The third kappa shape index (κ3) is 4.38. The summed E-state index contributed by atoms with van der Waals surface area (Å²) < 4.78 is 30.9. The van der Waals surface area contributed by atoms with Crippen LogP contribution in [-0.2, 0) is 39.8 Å². The Balaban J connectivity index is 1.25. The van der Waals surface area contributed by atoms with Crippen LogP contribution in [0.4, 0.5) is 0 Å². The number of hydrogen-bond donors (Lipinski definition) is 4. The van der Waals surface area contributed by atoms with Crippen LogP contribution in [0, 0.1) is 34.0 Å². The lowest BCUT2D eigenvalue weighted by molar-refractivity contribution is -0.252. The average Bonchev–Trinajstić information content (AvgIpc) is 3.60. The third-order valence-electron chi connectivity index (χ3n) is 13.6. The van der Waals surface area contributed by atoms with Crippen molar-refractivity contribution in [2.75, 3.05) is 19.8 Å². The molecule has 0 amide bonds. The monoisotopic (exact) mass is 674 g/mol. The minimum absolute atomic E-state index is 0.00486. The molecule has 4 saturated heterocycles. The van der Waals surface area contributed by atoms with E-state index in [9.17, 15) is 29.7 Å². The first-order chi connectivity index (χ1) is 22.7. The van der Waals surface area contributed by atoms with E-state index in [1.807, 2.05) is 27.7 Å². The highest BCUT2D eigenvalue weighted by Crippen LogP contribution is 2.80. The van der Waals surface area contributed by atoms with Gasteiger partial charge in [0.05, 0.1) is 43.0 Å². The summed E-state index contributed by atoms with van der Waals surface area (Å²) in [7, 11) is 0. The summed E-state index contributed by atoms with van der Waals surface area (Å²) in [4.78, 5) is 40.8. The van der Waals surface area contributed by atoms with Crippen molar-refractivity contribution in [3.63, 3.8) is 0 Å². The molecule has 12 atom stereocenters. The van der Waals surface area contributed by atoms with Gasteiger partial charge in [0.25, 0.3) is 0 Å². The molecule has 0 bridgehead atoms. The van der Waals surface area contributed by atoms with Crippen molar-refractivity contribution in [2.45, 2.75) is 127 Å². The highest BCUT2D eigenvalue weighted by atomic mass is 16.7. The maximum absolute atomic E-state index is 14.4. The van der Waals surface area contributed by atoms with Crippen LogP contribution in [0.25, 0.3) is 0 Å². The van der Waals surface area contributed by atoms with Gasteiger partial charge in [-0.25, -0.2) is 4.79 Å². The number of epoxide rings is 1. The first-order valence-corrected chi connectivity index (χ1v) is 17.6. The second-order valence-corrected chi connectivity index (χ2v) is 16.2. The fraction of sp³-hybridized carbons (Fsp3) is 0.806. The number of aliphatic hydroxyl groups is 4. The lowest BCUT2D eigenvalue weighted by Gasteiger charge is -2.66. The molecule has 1 aromatic heterocycles. The molecule has 2 aliphatic carbocycles. The molecule has 12 nitrogen and oxygen atoms in total. The van der Waals surface area contributed by atoms with Gasteiger partial charge in [-0.1, -0.05) is 33.1 Å². The van der Waals surface area contributed by atoms with Crippen molar-refractivity contribution < 1.29 is 58.2 Å². The average molecular weight is 675 g/mol. The first kappa shape index (κ1) is 34.1. The van der Waals surface area contributed by atoms with Gasteiger partial charge in [-0.05, 0) is 57.4 Å². The number of cyclic esters (lactones) is 2. The number of Topliss-reactive ketones (excluding diaryl/α,β-unsaturated/α-hetero) is 1. The van der Waals surface area contributed by atoms with E-state index < -0.39 is 76.5 Å². The number of furan rings is 1. The number of esters is 2. The van der Waals surface area contributed by atoms with E-state index in [0.29, 0.717) is 43.4 Å². The van der Waals surface area contributed by atoms with Gasteiger partial charge in [-0.15, -0.1) is 0 Å². The molecule has 2 spiro atoms. The van der Waals surface area contributed by atoms with E-state index in [-0.39, 0.29) is 43.2 Å². The van der Waals surface area contributed by atoms with Crippen LogP contribution in [0.2, 0.25) is 0 Å². The highest BCUT2D eigenvalue weighted by Gasteiger charge is 2.90. The lowest BCUT2D eigenvalue weighted by atomic mass is 9.36. The van der Waals surface area contributed by atoms with Crippen LogP contribution in [0.3, 0.4) is 0 Å². The normalized spacial score (nSPS) is 43.5. The largest absolute Gasteiger partial charge is 0.469 e. The summed E-state index contributed by atoms with van der Waals surface area (Å²) in [6.45, 7) is 7.25. The van der Waals surface area contributed by atoms with Crippen LogP contribution < -0.4 is 0 Å². The molecule has 1 aromatic rings. The van der Waals surface area contributed by atoms with Crippen molar-refractivity contribution >= 4 is 17.7 Å². The molecule has 12 unspecified atom stereocenters. The summed E-state index contributed by atoms with van der Waals surface area (Å²) in [6.07, 6.45) is 1.96.